The van der Waals surface area contributed by atoms with E-state index in [0.717, 1.165) is 0 Å². The highest BCUT2D eigenvalue weighted by Gasteiger charge is 2.24. The van der Waals surface area contributed by atoms with Crippen molar-refractivity contribution in [2.75, 3.05) is 6.61 Å². The van der Waals surface area contributed by atoms with Crippen LogP contribution in [0.25, 0.3) is 0 Å². The van der Waals surface area contributed by atoms with Gasteiger partial charge in [-0.1, -0.05) is 19.9 Å². The molecule has 0 aliphatic carbocycles. The molecule has 0 aromatic heterocycles. The van der Waals surface area contributed by atoms with Gasteiger partial charge >= 0.3 is 6.16 Å². The fourth-order valence-corrected chi connectivity index (χ4v) is 1.77. The Morgan fingerprint density at radius 2 is 2.14 bits per heavy atom. The van der Waals surface area contributed by atoms with E-state index in [1.165, 1.54) is 18.2 Å². The minimum Gasteiger partial charge on any atom is -0.430 e. The summed E-state index contributed by atoms with van der Waals surface area (Å²) in [6, 6.07) is 4.07. The van der Waals surface area contributed by atoms with Gasteiger partial charge < -0.3 is 9.47 Å². The van der Waals surface area contributed by atoms with Crippen LogP contribution in [0.3, 0.4) is 0 Å². The molecule has 0 amide bonds. The van der Waals surface area contributed by atoms with Gasteiger partial charge in [0.1, 0.15) is 12.4 Å². The molecule has 0 fully saturated rings. The number of nitro groups is 1. The number of rotatable bonds is 6. The lowest BCUT2D eigenvalue weighted by Gasteiger charge is -2.14. The molecule has 22 heavy (non-hydrogen) atoms. The van der Waals surface area contributed by atoms with Gasteiger partial charge in [0.25, 0.3) is 11.8 Å². The molecule has 0 aliphatic heterocycles. The van der Waals surface area contributed by atoms with Crippen LogP contribution in [0, 0.1) is 10.1 Å². The molecule has 0 saturated heterocycles. The summed E-state index contributed by atoms with van der Waals surface area (Å²) >= 11 is 0. The molecular weight excluding hydrogens is 300 g/mol. The van der Waals surface area contributed by atoms with Crippen molar-refractivity contribution in [2.45, 2.75) is 26.2 Å². The van der Waals surface area contributed by atoms with E-state index >= 15 is 0 Å². The predicted molar refractivity (Wildman–Crippen MR) is 74.1 cm³/mol. The fourth-order valence-electron chi connectivity index (χ4n) is 1.77. The van der Waals surface area contributed by atoms with Crippen molar-refractivity contribution in [3.63, 3.8) is 0 Å². The van der Waals surface area contributed by atoms with Gasteiger partial charge in [0, 0.05) is 12.1 Å². The summed E-state index contributed by atoms with van der Waals surface area (Å²) in [7, 11) is 0. The molecule has 0 spiro atoms. The lowest BCUT2D eigenvalue weighted by Crippen LogP contribution is -2.13. The third-order valence-corrected chi connectivity index (χ3v) is 2.98. The average molecular weight is 315 g/mol. The second-order valence-electron chi connectivity index (χ2n) is 4.41. The number of benzene rings is 1. The second kappa shape index (κ2) is 8.06. The zero-order chi connectivity index (χ0) is 16.7. The van der Waals surface area contributed by atoms with Gasteiger partial charge in [0.05, 0.1) is 10.5 Å². The highest BCUT2D eigenvalue weighted by molar-refractivity contribution is 5.66. The van der Waals surface area contributed by atoms with E-state index < -0.39 is 23.8 Å². The van der Waals surface area contributed by atoms with Gasteiger partial charge in [-0.25, -0.2) is 4.79 Å². The number of nitrogens with zero attached hydrogens (tertiary/aromatic N) is 1. The Morgan fingerprint density at radius 1 is 1.45 bits per heavy atom. The van der Waals surface area contributed by atoms with E-state index in [1.54, 1.807) is 6.92 Å². The summed E-state index contributed by atoms with van der Waals surface area (Å²) in [5.74, 6) is -0.245. The summed E-state index contributed by atoms with van der Waals surface area (Å²) in [5, 5.41) is 11.1. The monoisotopic (exact) mass is 315 g/mol. The first kappa shape index (κ1) is 17.5. The largest absolute Gasteiger partial charge is 0.514 e. The number of hydrogen-bond donors (Lipinski definition) is 0. The number of halogens is 2. The second-order valence-corrected chi connectivity index (χ2v) is 4.41. The molecule has 1 unspecified atom stereocenters. The van der Waals surface area contributed by atoms with Gasteiger partial charge in [-0.15, -0.1) is 0 Å². The third kappa shape index (κ3) is 4.80. The lowest BCUT2D eigenvalue weighted by molar-refractivity contribution is -0.385. The van der Waals surface area contributed by atoms with Crippen LogP contribution < -0.4 is 4.74 Å². The van der Waals surface area contributed by atoms with Crippen LogP contribution in [-0.4, -0.2) is 17.7 Å². The predicted octanol–water partition coefficient (Wildman–Crippen LogP) is 4.40. The molecule has 1 aromatic rings. The summed E-state index contributed by atoms with van der Waals surface area (Å²) in [4.78, 5) is 22.0. The van der Waals surface area contributed by atoms with Gasteiger partial charge in [-0.2, -0.15) is 8.78 Å². The maximum Gasteiger partial charge on any atom is 0.514 e. The van der Waals surface area contributed by atoms with E-state index in [1.807, 2.05) is 6.92 Å². The molecule has 1 aromatic carbocycles. The maximum atomic E-state index is 11.8. The van der Waals surface area contributed by atoms with Crippen LogP contribution in [-0.2, 0) is 4.74 Å². The van der Waals surface area contributed by atoms with Crippen molar-refractivity contribution < 1.29 is 28.0 Å². The number of nitro benzene ring substituents is 1. The quantitative estimate of drug-likeness (QED) is 0.336. The molecule has 0 radical (unpaired) electrons. The van der Waals surface area contributed by atoms with Gasteiger partial charge in [0.15, 0.2) is 0 Å². The van der Waals surface area contributed by atoms with E-state index in [2.05, 4.69) is 4.74 Å². The molecule has 6 nitrogen and oxygen atoms in total. The third-order valence-electron chi connectivity index (χ3n) is 2.98. The van der Waals surface area contributed by atoms with Crippen LogP contribution in [0.1, 0.15) is 31.7 Å². The maximum absolute atomic E-state index is 11.8. The Kier molecular flexibility index (Phi) is 6.43. The summed E-state index contributed by atoms with van der Waals surface area (Å²) in [6.45, 7) is 2.94. The van der Waals surface area contributed by atoms with Crippen LogP contribution in [0.15, 0.2) is 30.4 Å². The minimum absolute atomic E-state index is 0.0155. The summed E-state index contributed by atoms with van der Waals surface area (Å²) in [5.41, 5.74) is 0.0912. The van der Waals surface area contributed by atoms with E-state index in [0.29, 0.717) is 12.5 Å². The Labute approximate surface area is 125 Å². The highest BCUT2D eigenvalue weighted by Crippen LogP contribution is 2.36. The normalized spacial score (nSPS) is 11.5. The molecule has 0 N–H and O–H groups in total. The number of hydrogen-bond acceptors (Lipinski definition) is 5. The molecule has 0 heterocycles. The SMILES string of the molecule is CCC(C)c1c(OC(=O)OCC=C(F)F)cccc1[N+](=O)[O-]. The highest BCUT2D eigenvalue weighted by atomic mass is 19.3. The standard InChI is InChI=1S/C14H15F2NO5/c1-3-9(2)13-10(17(19)20)5-4-6-11(13)22-14(18)21-8-7-12(15)16/h4-7,9H,3,8H2,1-2H3. The first-order valence-corrected chi connectivity index (χ1v) is 6.49. The van der Waals surface area contributed by atoms with Crippen LogP contribution in [0.5, 0.6) is 5.75 Å². The fraction of sp³-hybridized carbons (Fsp3) is 0.357. The Morgan fingerprint density at radius 3 is 2.68 bits per heavy atom. The molecule has 8 heteroatoms. The van der Waals surface area contributed by atoms with Crippen LogP contribution in [0.2, 0.25) is 0 Å². The van der Waals surface area contributed by atoms with Crippen LogP contribution in [0.4, 0.5) is 19.3 Å². The Hall–Kier alpha value is -2.51. The summed E-state index contributed by atoms with van der Waals surface area (Å²) < 4.78 is 33.0. The van der Waals surface area contributed by atoms with Gasteiger partial charge in [0.2, 0.25) is 0 Å². The molecular formula is C14H15F2NO5. The van der Waals surface area contributed by atoms with Crippen molar-refractivity contribution in [3.05, 3.63) is 46.0 Å². The Balaban J connectivity index is 2.99. The molecule has 0 saturated carbocycles. The van der Waals surface area contributed by atoms with Gasteiger partial charge in [-0.3, -0.25) is 10.1 Å². The van der Waals surface area contributed by atoms with Crippen molar-refractivity contribution in [3.8, 4) is 5.75 Å². The molecule has 1 atom stereocenters. The van der Waals surface area contributed by atoms with Crippen molar-refractivity contribution in [1.82, 2.24) is 0 Å². The molecule has 120 valence electrons. The van der Waals surface area contributed by atoms with E-state index in [9.17, 15) is 23.7 Å². The number of ether oxygens (including phenoxy) is 2. The average Bonchev–Trinajstić information content (AvgIpc) is 2.45. The molecule has 0 aliphatic rings. The summed E-state index contributed by atoms with van der Waals surface area (Å²) in [6.07, 6.45) is -2.19. The minimum atomic E-state index is -1.98. The van der Waals surface area contributed by atoms with Crippen LogP contribution >= 0.6 is 0 Å². The zero-order valence-corrected chi connectivity index (χ0v) is 12.0. The lowest BCUT2D eigenvalue weighted by atomic mass is 9.96. The van der Waals surface area contributed by atoms with Crippen molar-refractivity contribution >= 4 is 11.8 Å². The van der Waals surface area contributed by atoms with Crippen molar-refractivity contribution in [2.24, 2.45) is 0 Å². The first-order chi connectivity index (χ1) is 10.4. The smallest absolute Gasteiger partial charge is 0.430 e. The number of carbonyl (C=O) groups is 1. The molecule has 1 rings (SSSR count). The van der Waals surface area contributed by atoms with E-state index in [-0.39, 0.29) is 22.9 Å². The topological polar surface area (TPSA) is 78.7 Å². The van der Waals surface area contributed by atoms with E-state index in [4.69, 9.17) is 4.74 Å². The zero-order valence-electron chi connectivity index (χ0n) is 12.0. The van der Waals surface area contributed by atoms with Gasteiger partial charge in [-0.05, 0) is 18.4 Å². The first-order valence-electron chi connectivity index (χ1n) is 6.49. The Bertz CT molecular complexity index is 585. The van der Waals surface area contributed by atoms with Crippen molar-refractivity contribution in [1.29, 1.82) is 0 Å². The molecule has 0 bridgehead atoms. The number of carbonyl (C=O) groups excluding carboxylic acids is 1.